The molecule has 0 unspecified atom stereocenters. The molecular weight excluding hydrogens is 162 g/mol. The van der Waals surface area contributed by atoms with Crippen molar-refractivity contribution in [3.8, 4) is 5.75 Å². The molecule has 0 saturated carbocycles. The fourth-order valence-corrected chi connectivity index (χ4v) is 1.19. The van der Waals surface area contributed by atoms with E-state index in [1.54, 1.807) is 7.11 Å². The van der Waals surface area contributed by atoms with E-state index >= 15 is 0 Å². The van der Waals surface area contributed by atoms with Gasteiger partial charge in [-0.05, 0) is 32.4 Å². The molecular formula is C11H17NO. The summed E-state index contributed by atoms with van der Waals surface area (Å²) in [5, 5.41) is 3.37. The molecule has 0 aliphatic carbocycles. The molecule has 13 heavy (non-hydrogen) atoms. The Morgan fingerprint density at radius 2 is 2.00 bits per heavy atom. The van der Waals surface area contributed by atoms with Gasteiger partial charge in [-0.2, -0.15) is 0 Å². The monoisotopic (exact) mass is 179 g/mol. The van der Waals surface area contributed by atoms with Crippen LogP contribution in [0.5, 0.6) is 5.75 Å². The Kier molecular flexibility index (Phi) is 3.18. The number of ether oxygens (including phenoxy) is 1. The van der Waals surface area contributed by atoms with Crippen molar-refractivity contribution in [2.45, 2.75) is 26.8 Å². The molecule has 0 bridgehead atoms. The Hall–Kier alpha value is -1.18. The van der Waals surface area contributed by atoms with Crippen LogP contribution in [0, 0.1) is 6.92 Å². The molecule has 0 atom stereocenters. The van der Waals surface area contributed by atoms with Crippen LogP contribution in [0.25, 0.3) is 0 Å². The molecule has 2 heteroatoms. The predicted octanol–water partition coefficient (Wildman–Crippen LogP) is 2.82. The van der Waals surface area contributed by atoms with Crippen LogP contribution < -0.4 is 10.1 Å². The zero-order valence-corrected chi connectivity index (χ0v) is 8.72. The van der Waals surface area contributed by atoms with Gasteiger partial charge in [-0.15, -0.1) is 0 Å². The highest BCUT2D eigenvalue weighted by molar-refractivity contribution is 5.54. The molecule has 2 nitrogen and oxygen atoms in total. The number of hydrogen-bond acceptors (Lipinski definition) is 2. The lowest BCUT2D eigenvalue weighted by atomic mass is 10.2. The lowest BCUT2D eigenvalue weighted by molar-refractivity contribution is 0.415. The summed E-state index contributed by atoms with van der Waals surface area (Å²) in [6.07, 6.45) is 0. The molecule has 1 rings (SSSR count). The Morgan fingerprint density at radius 1 is 1.31 bits per heavy atom. The van der Waals surface area contributed by atoms with E-state index in [-0.39, 0.29) is 0 Å². The summed E-state index contributed by atoms with van der Waals surface area (Å²) in [4.78, 5) is 0. The zero-order valence-electron chi connectivity index (χ0n) is 8.72. The smallest absolute Gasteiger partial charge is 0.120 e. The first-order valence-electron chi connectivity index (χ1n) is 4.54. The van der Waals surface area contributed by atoms with Crippen molar-refractivity contribution in [3.05, 3.63) is 23.8 Å². The third-order valence-electron chi connectivity index (χ3n) is 1.89. The second kappa shape index (κ2) is 4.17. The standard InChI is InChI=1S/C11H17NO/c1-8(2)12-11-7-10(13-4)6-5-9(11)3/h5-8,12H,1-4H3. The topological polar surface area (TPSA) is 21.3 Å². The van der Waals surface area contributed by atoms with Crippen molar-refractivity contribution in [1.82, 2.24) is 0 Å². The fraction of sp³-hybridized carbons (Fsp3) is 0.455. The van der Waals surface area contributed by atoms with Gasteiger partial charge in [0.05, 0.1) is 7.11 Å². The van der Waals surface area contributed by atoms with Crippen LogP contribution >= 0.6 is 0 Å². The van der Waals surface area contributed by atoms with Crippen LogP contribution in [0.1, 0.15) is 19.4 Å². The molecule has 0 aliphatic rings. The zero-order chi connectivity index (χ0) is 9.84. The second-order valence-electron chi connectivity index (χ2n) is 3.48. The maximum atomic E-state index is 5.15. The third-order valence-corrected chi connectivity index (χ3v) is 1.89. The molecule has 0 fully saturated rings. The van der Waals surface area contributed by atoms with Crippen molar-refractivity contribution >= 4 is 5.69 Å². The Bertz CT molecular complexity index is 281. The SMILES string of the molecule is COc1ccc(C)c(NC(C)C)c1. The van der Waals surface area contributed by atoms with E-state index in [1.807, 2.05) is 12.1 Å². The van der Waals surface area contributed by atoms with Crippen LogP contribution in [0.15, 0.2) is 18.2 Å². The highest BCUT2D eigenvalue weighted by atomic mass is 16.5. The maximum Gasteiger partial charge on any atom is 0.120 e. The van der Waals surface area contributed by atoms with Gasteiger partial charge in [0.2, 0.25) is 0 Å². The van der Waals surface area contributed by atoms with Crippen LogP contribution in [-0.4, -0.2) is 13.2 Å². The number of hydrogen-bond donors (Lipinski definition) is 1. The molecule has 0 aliphatic heterocycles. The molecule has 72 valence electrons. The van der Waals surface area contributed by atoms with Crippen LogP contribution in [-0.2, 0) is 0 Å². The summed E-state index contributed by atoms with van der Waals surface area (Å²) in [5.74, 6) is 0.897. The first kappa shape index (κ1) is 9.90. The highest BCUT2D eigenvalue weighted by Gasteiger charge is 2.01. The van der Waals surface area contributed by atoms with Crippen molar-refractivity contribution in [2.75, 3.05) is 12.4 Å². The molecule has 0 heterocycles. The Labute approximate surface area is 79.9 Å². The molecule has 0 radical (unpaired) electrons. The minimum atomic E-state index is 0.450. The van der Waals surface area contributed by atoms with E-state index in [2.05, 4.69) is 32.2 Å². The Balaban J connectivity index is 2.90. The van der Waals surface area contributed by atoms with Gasteiger partial charge in [0.15, 0.2) is 0 Å². The predicted molar refractivity (Wildman–Crippen MR) is 56.5 cm³/mol. The maximum absolute atomic E-state index is 5.15. The van der Waals surface area contributed by atoms with Crippen molar-refractivity contribution in [3.63, 3.8) is 0 Å². The van der Waals surface area contributed by atoms with Gasteiger partial charge < -0.3 is 10.1 Å². The molecule has 1 aromatic rings. The van der Waals surface area contributed by atoms with Crippen molar-refractivity contribution in [1.29, 1.82) is 0 Å². The van der Waals surface area contributed by atoms with Gasteiger partial charge in [-0.1, -0.05) is 6.07 Å². The van der Waals surface area contributed by atoms with Crippen molar-refractivity contribution < 1.29 is 4.74 Å². The van der Waals surface area contributed by atoms with Gasteiger partial charge in [0.1, 0.15) is 5.75 Å². The largest absolute Gasteiger partial charge is 0.497 e. The molecule has 0 amide bonds. The van der Waals surface area contributed by atoms with Crippen molar-refractivity contribution in [2.24, 2.45) is 0 Å². The lowest BCUT2D eigenvalue weighted by Gasteiger charge is -2.13. The second-order valence-corrected chi connectivity index (χ2v) is 3.48. The molecule has 0 aromatic heterocycles. The van der Waals surface area contributed by atoms with Crippen LogP contribution in [0.2, 0.25) is 0 Å². The Morgan fingerprint density at radius 3 is 2.54 bits per heavy atom. The van der Waals surface area contributed by atoms with E-state index in [0.29, 0.717) is 6.04 Å². The fourth-order valence-electron chi connectivity index (χ4n) is 1.19. The van der Waals surface area contributed by atoms with Gasteiger partial charge in [0.25, 0.3) is 0 Å². The molecule has 0 spiro atoms. The first-order valence-corrected chi connectivity index (χ1v) is 4.54. The summed E-state index contributed by atoms with van der Waals surface area (Å²) >= 11 is 0. The average molecular weight is 179 g/mol. The summed E-state index contributed by atoms with van der Waals surface area (Å²) in [6.45, 7) is 6.34. The van der Waals surface area contributed by atoms with E-state index in [1.165, 1.54) is 5.56 Å². The number of anilines is 1. The summed E-state index contributed by atoms with van der Waals surface area (Å²) in [7, 11) is 1.68. The van der Waals surface area contributed by atoms with E-state index < -0.39 is 0 Å². The number of benzene rings is 1. The van der Waals surface area contributed by atoms with E-state index in [4.69, 9.17) is 4.74 Å². The molecule has 0 saturated heterocycles. The van der Waals surface area contributed by atoms with Gasteiger partial charge >= 0.3 is 0 Å². The molecule has 1 N–H and O–H groups in total. The third kappa shape index (κ3) is 2.65. The number of aryl methyl sites for hydroxylation is 1. The van der Waals surface area contributed by atoms with Crippen LogP contribution in [0.4, 0.5) is 5.69 Å². The summed E-state index contributed by atoms with van der Waals surface area (Å²) in [5.41, 5.74) is 2.39. The van der Waals surface area contributed by atoms with E-state index in [9.17, 15) is 0 Å². The number of rotatable bonds is 3. The van der Waals surface area contributed by atoms with Gasteiger partial charge in [-0.25, -0.2) is 0 Å². The first-order chi connectivity index (χ1) is 6.13. The average Bonchev–Trinajstić information content (AvgIpc) is 2.08. The highest BCUT2D eigenvalue weighted by Crippen LogP contribution is 2.22. The lowest BCUT2D eigenvalue weighted by Crippen LogP contribution is -2.10. The quantitative estimate of drug-likeness (QED) is 0.770. The minimum absolute atomic E-state index is 0.450. The van der Waals surface area contributed by atoms with E-state index in [0.717, 1.165) is 11.4 Å². The van der Waals surface area contributed by atoms with Gasteiger partial charge in [0, 0.05) is 17.8 Å². The number of methoxy groups -OCH3 is 1. The van der Waals surface area contributed by atoms with Gasteiger partial charge in [-0.3, -0.25) is 0 Å². The summed E-state index contributed by atoms with van der Waals surface area (Å²) < 4.78 is 5.15. The summed E-state index contributed by atoms with van der Waals surface area (Å²) in [6, 6.07) is 6.51. The molecule has 1 aromatic carbocycles. The normalized spacial score (nSPS) is 10.2. The van der Waals surface area contributed by atoms with Crippen LogP contribution in [0.3, 0.4) is 0 Å². The minimum Gasteiger partial charge on any atom is -0.497 e. The number of nitrogens with one attached hydrogen (secondary N) is 1.